The summed E-state index contributed by atoms with van der Waals surface area (Å²) in [5, 5.41) is 3.96. The zero-order valence-corrected chi connectivity index (χ0v) is 13.4. The van der Waals surface area contributed by atoms with E-state index in [9.17, 15) is 0 Å². The lowest BCUT2D eigenvalue weighted by atomic mass is 10.0. The summed E-state index contributed by atoms with van der Waals surface area (Å²) in [6.07, 6.45) is 0. The van der Waals surface area contributed by atoms with E-state index in [-0.39, 0.29) is 0 Å². The van der Waals surface area contributed by atoms with Gasteiger partial charge in [-0.1, -0.05) is 0 Å². The number of hydrogen-bond donors (Lipinski definition) is 1. The molecule has 0 aliphatic heterocycles. The maximum atomic E-state index is 5.40. The molecule has 0 fully saturated rings. The van der Waals surface area contributed by atoms with Crippen molar-refractivity contribution in [1.82, 2.24) is 4.98 Å². The molecule has 0 amide bonds. The molecule has 0 atom stereocenters. The van der Waals surface area contributed by atoms with Crippen molar-refractivity contribution >= 4 is 43.2 Å². The predicted octanol–water partition coefficient (Wildman–Crippen LogP) is 5.47. The van der Waals surface area contributed by atoms with Crippen LogP contribution < -0.4 is 4.74 Å². The normalized spacial score (nSPS) is 11.8. The van der Waals surface area contributed by atoms with Crippen molar-refractivity contribution in [3.63, 3.8) is 0 Å². The van der Waals surface area contributed by atoms with Crippen LogP contribution in [0.15, 0.2) is 24.3 Å². The number of ether oxygens (including phenoxy) is 1. The van der Waals surface area contributed by atoms with Gasteiger partial charge in [0.1, 0.15) is 5.75 Å². The van der Waals surface area contributed by atoms with Gasteiger partial charge in [0, 0.05) is 25.9 Å². The lowest BCUT2D eigenvalue weighted by Crippen LogP contribution is -1.81. The summed E-state index contributed by atoms with van der Waals surface area (Å²) < 4.78 is 6.78. The molecule has 2 nitrogen and oxygen atoms in total. The molecule has 2 aromatic heterocycles. The highest BCUT2D eigenvalue weighted by atomic mass is 32.1. The number of rotatable bonds is 1. The minimum Gasteiger partial charge on any atom is -0.497 e. The molecule has 0 bridgehead atoms. The van der Waals surface area contributed by atoms with Gasteiger partial charge in [-0.2, -0.15) is 0 Å². The van der Waals surface area contributed by atoms with Crippen LogP contribution in [0.25, 0.3) is 31.9 Å². The number of aryl methyl sites for hydroxylation is 3. The van der Waals surface area contributed by atoms with Crippen LogP contribution >= 0.6 is 11.3 Å². The Balaban J connectivity index is 2.30. The number of nitrogens with one attached hydrogen (secondary N) is 1. The van der Waals surface area contributed by atoms with E-state index in [2.05, 4.69) is 44.0 Å². The molecular formula is C18H17NOS. The van der Waals surface area contributed by atoms with Gasteiger partial charge >= 0.3 is 0 Å². The van der Waals surface area contributed by atoms with E-state index in [1.807, 2.05) is 17.4 Å². The molecule has 2 heterocycles. The Morgan fingerprint density at radius 1 is 1.05 bits per heavy atom. The molecule has 21 heavy (non-hydrogen) atoms. The maximum Gasteiger partial charge on any atom is 0.119 e. The molecule has 1 N–H and O–H groups in total. The maximum absolute atomic E-state index is 5.40. The smallest absolute Gasteiger partial charge is 0.119 e. The second-order valence-corrected chi connectivity index (χ2v) is 6.86. The summed E-state index contributed by atoms with van der Waals surface area (Å²) in [4.78, 5) is 4.97. The summed E-state index contributed by atoms with van der Waals surface area (Å²) in [6.45, 7) is 6.60. The topological polar surface area (TPSA) is 25.0 Å². The number of fused-ring (bicyclic) bond motifs is 5. The zero-order chi connectivity index (χ0) is 14.7. The van der Waals surface area contributed by atoms with Crippen LogP contribution in [0.5, 0.6) is 5.75 Å². The van der Waals surface area contributed by atoms with Gasteiger partial charge in [0.05, 0.1) is 12.6 Å². The average Bonchev–Trinajstić information content (AvgIpc) is 2.99. The molecule has 3 heteroatoms. The van der Waals surface area contributed by atoms with Crippen molar-refractivity contribution in [2.75, 3.05) is 7.11 Å². The van der Waals surface area contributed by atoms with Gasteiger partial charge in [-0.3, -0.25) is 0 Å². The molecule has 2 aromatic carbocycles. The largest absolute Gasteiger partial charge is 0.497 e. The Bertz CT molecular complexity index is 1010. The number of H-pyrrole nitrogens is 1. The first-order valence-electron chi connectivity index (χ1n) is 7.09. The fourth-order valence-corrected chi connectivity index (χ4v) is 4.33. The number of thiophene rings is 1. The second-order valence-electron chi connectivity index (χ2n) is 5.64. The van der Waals surface area contributed by atoms with Crippen molar-refractivity contribution in [3.8, 4) is 5.75 Å². The van der Waals surface area contributed by atoms with E-state index < -0.39 is 0 Å². The van der Waals surface area contributed by atoms with E-state index in [1.165, 1.54) is 47.9 Å². The summed E-state index contributed by atoms with van der Waals surface area (Å²) >= 11 is 1.89. The van der Waals surface area contributed by atoms with Gasteiger partial charge in [-0.05, 0) is 61.5 Å². The monoisotopic (exact) mass is 295 g/mol. The number of benzene rings is 2. The van der Waals surface area contributed by atoms with Crippen LogP contribution in [0, 0.1) is 20.8 Å². The third-order valence-electron chi connectivity index (χ3n) is 4.42. The molecule has 4 rings (SSSR count). The van der Waals surface area contributed by atoms with Gasteiger partial charge in [0.25, 0.3) is 0 Å². The first kappa shape index (κ1) is 12.7. The fraction of sp³-hybridized carbons (Fsp3) is 0.222. The van der Waals surface area contributed by atoms with Crippen molar-refractivity contribution in [3.05, 3.63) is 40.3 Å². The Hall–Kier alpha value is -2.00. The van der Waals surface area contributed by atoms with Crippen LogP contribution in [0.1, 0.15) is 16.0 Å². The van der Waals surface area contributed by atoms with Crippen LogP contribution in [-0.2, 0) is 0 Å². The number of hydrogen-bond acceptors (Lipinski definition) is 2. The van der Waals surface area contributed by atoms with E-state index in [0.717, 1.165) is 5.75 Å². The molecule has 0 saturated carbocycles. The molecule has 106 valence electrons. The van der Waals surface area contributed by atoms with E-state index in [1.54, 1.807) is 7.11 Å². The van der Waals surface area contributed by atoms with Gasteiger partial charge in [-0.15, -0.1) is 11.3 Å². The molecule has 0 radical (unpaired) electrons. The van der Waals surface area contributed by atoms with Gasteiger partial charge < -0.3 is 9.72 Å². The third-order valence-corrected chi connectivity index (χ3v) is 5.66. The first-order chi connectivity index (χ1) is 10.1. The average molecular weight is 295 g/mol. The standard InChI is InChI=1S/C18H17NOS/c1-9-7-13-10(2)11(3)21-18(13)16-14-8-12(20-4)5-6-15(14)19-17(9)16/h5-8,19H,1-4H3. The molecule has 4 aromatic rings. The summed E-state index contributed by atoms with van der Waals surface area (Å²) in [6, 6.07) is 8.56. The first-order valence-corrected chi connectivity index (χ1v) is 7.90. The molecular weight excluding hydrogens is 278 g/mol. The summed E-state index contributed by atoms with van der Waals surface area (Å²) in [5.41, 5.74) is 5.11. The van der Waals surface area contributed by atoms with Crippen molar-refractivity contribution < 1.29 is 4.74 Å². The fourth-order valence-electron chi connectivity index (χ4n) is 3.12. The molecule has 0 unspecified atom stereocenters. The number of aromatic nitrogens is 1. The second kappa shape index (κ2) is 4.25. The van der Waals surface area contributed by atoms with E-state index >= 15 is 0 Å². The highest BCUT2D eigenvalue weighted by Gasteiger charge is 2.15. The summed E-state index contributed by atoms with van der Waals surface area (Å²) in [7, 11) is 1.72. The Labute approximate surface area is 127 Å². The van der Waals surface area contributed by atoms with Crippen LogP contribution in [-0.4, -0.2) is 12.1 Å². The van der Waals surface area contributed by atoms with Gasteiger partial charge in [-0.25, -0.2) is 0 Å². The predicted molar refractivity (Wildman–Crippen MR) is 92.0 cm³/mol. The van der Waals surface area contributed by atoms with Crippen LogP contribution in [0.4, 0.5) is 0 Å². The highest BCUT2D eigenvalue weighted by molar-refractivity contribution is 7.20. The van der Waals surface area contributed by atoms with Crippen LogP contribution in [0.3, 0.4) is 0 Å². The van der Waals surface area contributed by atoms with E-state index in [0.29, 0.717) is 0 Å². The Morgan fingerprint density at radius 2 is 1.86 bits per heavy atom. The third kappa shape index (κ3) is 1.64. The lowest BCUT2D eigenvalue weighted by Gasteiger charge is -2.01. The van der Waals surface area contributed by atoms with Gasteiger partial charge in [0.2, 0.25) is 0 Å². The van der Waals surface area contributed by atoms with Crippen molar-refractivity contribution in [2.45, 2.75) is 20.8 Å². The molecule has 0 aliphatic carbocycles. The highest BCUT2D eigenvalue weighted by Crippen LogP contribution is 2.41. The number of aromatic amines is 1. The minimum absolute atomic E-state index is 0.906. The Morgan fingerprint density at radius 3 is 2.62 bits per heavy atom. The minimum atomic E-state index is 0.906. The Kier molecular flexibility index (Phi) is 2.57. The molecule has 0 spiro atoms. The quantitative estimate of drug-likeness (QED) is 0.495. The number of methoxy groups -OCH3 is 1. The van der Waals surface area contributed by atoms with Crippen molar-refractivity contribution in [2.24, 2.45) is 0 Å². The van der Waals surface area contributed by atoms with Crippen molar-refractivity contribution in [1.29, 1.82) is 0 Å². The SMILES string of the molecule is COc1ccc2[nH]c3c(C)cc4c(C)c(C)sc4c3c2c1. The lowest BCUT2D eigenvalue weighted by molar-refractivity contribution is 0.415. The van der Waals surface area contributed by atoms with Crippen LogP contribution in [0.2, 0.25) is 0 Å². The van der Waals surface area contributed by atoms with E-state index in [4.69, 9.17) is 4.74 Å². The van der Waals surface area contributed by atoms with Gasteiger partial charge in [0.15, 0.2) is 0 Å². The summed E-state index contributed by atoms with van der Waals surface area (Å²) in [5.74, 6) is 0.906. The zero-order valence-electron chi connectivity index (χ0n) is 12.6. The molecule has 0 aliphatic rings. The molecule has 0 saturated heterocycles.